The van der Waals surface area contributed by atoms with Gasteiger partial charge in [-0.3, -0.25) is 4.79 Å². The number of nitrogens with zero attached hydrogens (tertiary/aromatic N) is 3. The molecule has 2 heterocycles. The van der Waals surface area contributed by atoms with E-state index in [9.17, 15) is 20.3 Å². The van der Waals surface area contributed by atoms with E-state index in [1.165, 1.54) is 23.9 Å². The average Bonchev–Trinajstić information content (AvgIpc) is 3.09. The van der Waals surface area contributed by atoms with Crippen LogP contribution in [0.2, 0.25) is 0 Å². The number of benzene rings is 1. The number of nitrogens with one attached hydrogen (secondary N) is 1. The molecule has 136 valence electrons. The lowest BCUT2D eigenvalue weighted by molar-refractivity contribution is -0.127. The van der Waals surface area contributed by atoms with Gasteiger partial charge in [0.05, 0.1) is 5.70 Å². The fraction of sp³-hybridized carbons (Fsp3) is 0.333. The van der Waals surface area contributed by atoms with Crippen LogP contribution >= 0.6 is 11.8 Å². The molecule has 0 unspecified atom stereocenters. The monoisotopic (exact) mass is 372 g/mol. The highest BCUT2D eigenvalue weighted by molar-refractivity contribution is 8.06. The van der Waals surface area contributed by atoms with Gasteiger partial charge in [-0.05, 0) is 25.1 Å². The maximum absolute atomic E-state index is 12.8. The van der Waals surface area contributed by atoms with Crippen LogP contribution in [0, 0.1) is 11.3 Å². The van der Waals surface area contributed by atoms with Crippen molar-refractivity contribution in [2.75, 3.05) is 32.7 Å². The summed E-state index contributed by atoms with van der Waals surface area (Å²) in [6, 6.07) is 6.66. The van der Waals surface area contributed by atoms with Crippen molar-refractivity contribution >= 4 is 23.4 Å². The fourth-order valence-electron chi connectivity index (χ4n) is 2.98. The van der Waals surface area contributed by atoms with Gasteiger partial charge in [-0.15, -0.1) is 0 Å². The highest BCUT2D eigenvalue weighted by Gasteiger charge is 2.30. The lowest BCUT2D eigenvalue weighted by atomic mass is 10.1. The molecule has 1 amide bonds. The topological polar surface area (TPSA) is 99.8 Å². The molecule has 0 radical (unpaired) electrons. The average molecular weight is 372 g/mol. The number of aromatic hydroxyl groups is 2. The summed E-state index contributed by atoms with van der Waals surface area (Å²) >= 11 is 1.33. The van der Waals surface area contributed by atoms with E-state index >= 15 is 0 Å². The summed E-state index contributed by atoms with van der Waals surface area (Å²) in [5.74, 6) is -0.650. The Hall–Kier alpha value is -2.63. The first-order chi connectivity index (χ1) is 12.6. The van der Waals surface area contributed by atoms with Gasteiger partial charge >= 0.3 is 0 Å². The summed E-state index contributed by atoms with van der Waals surface area (Å²) in [5.41, 5.74) is 1.62. The number of nitriles is 1. The summed E-state index contributed by atoms with van der Waals surface area (Å²) in [4.78, 5) is 16.4. The minimum atomic E-state index is -0.252. The van der Waals surface area contributed by atoms with E-state index in [1.807, 2.05) is 17.2 Å². The molecule has 26 heavy (non-hydrogen) atoms. The molecule has 0 atom stereocenters. The predicted octanol–water partition coefficient (Wildman–Crippen LogP) is 1.63. The number of rotatable bonds is 3. The molecule has 8 heteroatoms. The van der Waals surface area contributed by atoms with Gasteiger partial charge in [-0.2, -0.15) is 5.26 Å². The zero-order chi connectivity index (χ0) is 18.7. The van der Waals surface area contributed by atoms with Crippen molar-refractivity contribution in [3.05, 3.63) is 39.8 Å². The number of hydrogen-bond donors (Lipinski definition) is 3. The number of amides is 1. The van der Waals surface area contributed by atoms with E-state index < -0.39 is 0 Å². The number of phenolic OH excluding ortho intramolecular Hbond substituents is 2. The normalized spacial score (nSPS) is 19.2. The number of carbonyl (C=O) groups excluding carboxylic acids is 1. The molecule has 1 fully saturated rings. The van der Waals surface area contributed by atoms with E-state index in [1.54, 1.807) is 11.0 Å². The van der Waals surface area contributed by atoms with Gasteiger partial charge in [0, 0.05) is 43.7 Å². The number of piperazine rings is 1. The predicted molar refractivity (Wildman–Crippen MR) is 99.8 cm³/mol. The van der Waals surface area contributed by atoms with Crippen LogP contribution in [0.25, 0.3) is 5.70 Å². The molecule has 7 nitrogen and oxygen atoms in total. The first kappa shape index (κ1) is 18.2. The highest BCUT2D eigenvalue weighted by atomic mass is 32.2. The Kier molecular flexibility index (Phi) is 5.40. The van der Waals surface area contributed by atoms with Gasteiger partial charge in [-0.1, -0.05) is 11.8 Å². The number of thioether (sulfide) groups is 1. The maximum atomic E-state index is 12.8. The summed E-state index contributed by atoms with van der Waals surface area (Å²) in [6.45, 7) is 5.11. The lowest BCUT2D eigenvalue weighted by Crippen LogP contribution is -2.47. The van der Waals surface area contributed by atoms with Crippen molar-refractivity contribution in [2.45, 2.75) is 6.92 Å². The largest absolute Gasteiger partial charge is 0.504 e. The second-order valence-corrected chi connectivity index (χ2v) is 6.76. The van der Waals surface area contributed by atoms with Crippen molar-refractivity contribution < 1.29 is 15.0 Å². The zero-order valence-electron chi connectivity index (χ0n) is 14.4. The van der Waals surface area contributed by atoms with E-state index in [0.29, 0.717) is 30.2 Å². The fourth-order valence-corrected chi connectivity index (χ4v) is 4.07. The van der Waals surface area contributed by atoms with Crippen LogP contribution in [0.15, 0.2) is 34.2 Å². The Labute approximate surface area is 156 Å². The van der Waals surface area contributed by atoms with Gasteiger partial charge in [0.1, 0.15) is 16.7 Å². The third kappa shape index (κ3) is 3.36. The van der Waals surface area contributed by atoms with Crippen molar-refractivity contribution in [1.82, 2.24) is 15.1 Å². The van der Waals surface area contributed by atoms with Crippen LogP contribution in [-0.4, -0.2) is 58.6 Å². The molecule has 3 rings (SSSR count). The second kappa shape index (κ2) is 7.72. The molecule has 0 aromatic heterocycles. The molecular formula is C18H20N4O3S. The van der Waals surface area contributed by atoms with Crippen LogP contribution in [0.3, 0.4) is 0 Å². The van der Waals surface area contributed by atoms with Crippen LogP contribution in [0.5, 0.6) is 11.5 Å². The lowest BCUT2D eigenvalue weighted by Gasteiger charge is -2.28. The van der Waals surface area contributed by atoms with E-state index in [4.69, 9.17) is 0 Å². The zero-order valence-corrected chi connectivity index (χ0v) is 15.2. The van der Waals surface area contributed by atoms with Crippen molar-refractivity contribution in [3.8, 4) is 17.6 Å². The minimum Gasteiger partial charge on any atom is -0.504 e. The number of hydrogen-bond acceptors (Lipinski definition) is 7. The van der Waals surface area contributed by atoms with Crippen LogP contribution < -0.4 is 5.32 Å². The standard InChI is InChI=1S/C18H20N4O3S/c1-2-22-14(12-3-4-15(23)16(24)9-12)11-26-18(22)13(10-19)17(25)21-7-5-20-6-8-21/h3-4,9,11,20,23-24H,2,5-8H2,1H3/b18-13+. The van der Waals surface area contributed by atoms with Gasteiger partial charge in [0.2, 0.25) is 0 Å². The van der Waals surface area contributed by atoms with Gasteiger partial charge in [0.15, 0.2) is 11.5 Å². The molecule has 2 aliphatic heterocycles. The summed E-state index contributed by atoms with van der Waals surface area (Å²) in [5, 5.41) is 34.5. The Balaban J connectivity index is 1.92. The molecule has 0 spiro atoms. The summed E-state index contributed by atoms with van der Waals surface area (Å²) in [7, 11) is 0. The quantitative estimate of drug-likeness (QED) is 0.421. The number of phenols is 2. The first-order valence-electron chi connectivity index (χ1n) is 8.38. The Morgan fingerprint density at radius 2 is 2.04 bits per heavy atom. The third-order valence-electron chi connectivity index (χ3n) is 4.35. The second-order valence-electron chi connectivity index (χ2n) is 5.90. The SMILES string of the molecule is CCN1C(c2ccc(O)c(O)c2)=CS/C1=C(\C#N)C(=O)N1CCNCC1. The molecule has 1 saturated heterocycles. The third-order valence-corrected chi connectivity index (χ3v) is 5.34. The van der Waals surface area contributed by atoms with E-state index in [2.05, 4.69) is 11.4 Å². The minimum absolute atomic E-state index is 0.132. The van der Waals surface area contributed by atoms with Gasteiger partial charge in [-0.25, -0.2) is 0 Å². The number of carbonyl (C=O) groups is 1. The molecule has 0 aliphatic carbocycles. The molecule has 0 bridgehead atoms. The molecule has 3 N–H and O–H groups in total. The molecular weight excluding hydrogens is 352 g/mol. The highest BCUT2D eigenvalue weighted by Crippen LogP contribution is 2.42. The van der Waals surface area contributed by atoms with Crippen molar-refractivity contribution in [1.29, 1.82) is 5.26 Å². The van der Waals surface area contributed by atoms with Gasteiger partial charge < -0.3 is 25.3 Å². The first-order valence-corrected chi connectivity index (χ1v) is 9.25. The Bertz CT molecular complexity index is 822. The molecule has 1 aromatic carbocycles. The summed E-state index contributed by atoms with van der Waals surface area (Å²) < 4.78 is 0. The Morgan fingerprint density at radius 3 is 2.65 bits per heavy atom. The molecule has 2 aliphatic rings. The molecule has 0 saturated carbocycles. The van der Waals surface area contributed by atoms with Crippen molar-refractivity contribution in [2.24, 2.45) is 0 Å². The van der Waals surface area contributed by atoms with E-state index in [0.717, 1.165) is 18.8 Å². The van der Waals surface area contributed by atoms with Crippen LogP contribution in [0.1, 0.15) is 12.5 Å². The summed E-state index contributed by atoms with van der Waals surface area (Å²) in [6.07, 6.45) is 0. The van der Waals surface area contributed by atoms with E-state index in [-0.39, 0.29) is 23.0 Å². The van der Waals surface area contributed by atoms with Gasteiger partial charge in [0.25, 0.3) is 5.91 Å². The van der Waals surface area contributed by atoms with Crippen molar-refractivity contribution in [3.63, 3.8) is 0 Å². The Morgan fingerprint density at radius 1 is 1.31 bits per heavy atom. The smallest absolute Gasteiger partial charge is 0.267 e. The van der Waals surface area contributed by atoms with Crippen LogP contribution in [-0.2, 0) is 4.79 Å². The maximum Gasteiger partial charge on any atom is 0.267 e. The molecule has 1 aromatic rings. The van der Waals surface area contributed by atoms with Crippen LogP contribution in [0.4, 0.5) is 0 Å².